The van der Waals surface area contributed by atoms with E-state index < -0.39 is 0 Å². The van der Waals surface area contributed by atoms with Crippen LogP contribution < -0.4 is 11.5 Å². The molecule has 170 valence electrons. The quantitative estimate of drug-likeness (QED) is 0.294. The maximum Gasteiger partial charge on any atom is 0.141 e. The summed E-state index contributed by atoms with van der Waals surface area (Å²) in [5, 5.41) is 20.4. The van der Waals surface area contributed by atoms with Gasteiger partial charge in [-0.15, -0.1) is 0 Å². The van der Waals surface area contributed by atoms with E-state index in [1.807, 2.05) is 39.8 Å². The molecule has 6 N–H and O–H groups in total. The lowest BCUT2D eigenvalue weighted by atomic mass is 9.72. The number of hydrogen-bond donors (Lipinski definition) is 4. The fourth-order valence-corrected chi connectivity index (χ4v) is 4.77. The molecule has 3 aromatic carbocycles. The first kappa shape index (κ1) is 23.5. The summed E-state index contributed by atoms with van der Waals surface area (Å²) in [5.41, 5.74) is 20.6. The number of aromatic hydroxyl groups is 2. The molecule has 0 aliphatic heterocycles. The fraction of sp³-hybridized carbons (Fsp3) is 0.357. The van der Waals surface area contributed by atoms with Crippen molar-refractivity contribution in [1.82, 2.24) is 0 Å². The van der Waals surface area contributed by atoms with Gasteiger partial charge in [0.05, 0.1) is 11.4 Å². The molecule has 3 aromatic rings. The van der Waals surface area contributed by atoms with E-state index in [1.165, 1.54) is 11.1 Å². The van der Waals surface area contributed by atoms with Crippen molar-refractivity contribution in [3.05, 3.63) is 80.9 Å². The zero-order chi connectivity index (χ0) is 24.2. The predicted molar refractivity (Wildman–Crippen MR) is 135 cm³/mol. The molecule has 0 fully saturated rings. The minimum atomic E-state index is -0.283. The van der Waals surface area contributed by atoms with Gasteiger partial charge >= 0.3 is 0 Å². The van der Waals surface area contributed by atoms with Gasteiger partial charge in [0.1, 0.15) is 11.5 Å². The second-order valence-electron chi connectivity index (χ2n) is 10.1. The molecule has 0 spiro atoms. The van der Waals surface area contributed by atoms with Gasteiger partial charge in [0.2, 0.25) is 0 Å². The third-order valence-corrected chi connectivity index (χ3v) is 7.27. The van der Waals surface area contributed by atoms with Gasteiger partial charge in [-0.25, -0.2) is 0 Å². The number of phenols is 2. The van der Waals surface area contributed by atoms with Crippen LogP contribution in [-0.2, 0) is 10.8 Å². The van der Waals surface area contributed by atoms with Crippen LogP contribution in [0.3, 0.4) is 0 Å². The monoisotopic (exact) mass is 432 g/mol. The molecule has 32 heavy (non-hydrogen) atoms. The van der Waals surface area contributed by atoms with Crippen LogP contribution in [0, 0.1) is 27.7 Å². The van der Waals surface area contributed by atoms with Crippen LogP contribution >= 0.6 is 0 Å². The largest absolute Gasteiger partial charge is 0.506 e. The highest BCUT2D eigenvalue weighted by molar-refractivity contribution is 5.67. The minimum absolute atomic E-state index is 0.165. The second-order valence-corrected chi connectivity index (χ2v) is 10.1. The zero-order valence-electron chi connectivity index (χ0n) is 20.5. The maximum absolute atomic E-state index is 10.2. The molecule has 0 aliphatic rings. The van der Waals surface area contributed by atoms with E-state index >= 15 is 0 Å². The normalized spacial score (nSPS) is 12.2. The van der Waals surface area contributed by atoms with Crippen molar-refractivity contribution in [2.75, 3.05) is 11.5 Å². The van der Waals surface area contributed by atoms with Crippen molar-refractivity contribution >= 4 is 11.4 Å². The van der Waals surface area contributed by atoms with E-state index in [9.17, 15) is 10.2 Å². The van der Waals surface area contributed by atoms with Gasteiger partial charge in [0, 0.05) is 10.8 Å². The Balaban J connectivity index is 2.07. The van der Waals surface area contributed by atoms with E-state index in [1.54, 1.807) is 0 Å². The molecule has 4 nitrogen and oxygen atoms in total. The van der Waals surface area contributed by atoms with E-state index in [-0.39, 0.29) is 22.3 Å². The van der Waals surface area contributed by atoms with Gasteiger partial charge in [-0.3, -0.25) is 0 Å². The van der Waals surface area contributed by atoms with Crippen molar-refractivity contribution < 1.29 is 10.2 Å². The standard InChI is InChI=1S/C28H36N2O2/c1-15-13-21(17(3)23(29)25(15)31)27(5,6)19-9-11-20(12-10-19)28(7,8)22-14-16(2)26(32)24(30)18(22)4/h9-14,31-32H,29-30H2,1-8H3. The number of nitrogen functional groups attached to an aromatic ring is 2. The molecule has 0 saturated carbocycles. The number of anilines is 2. The molecule has 4 heteroatoms. The fourth-order valence-electron chi connectivity index (χ4n) is 4.77. The molecular weight excluding hydrogens is 396 g/mol. The van der Waals surface area contributed by atoms with Gasteiger partial charge < -0.3 is 21.7 Å². The Bertz CT molecular complexity index is 1100. The number of phenolic OH excluding ortho intramolecular Hbond substituents is 2. The lowest BCUT2D eigenvalue weighted by molar-refractivity contribution is 0.471. The summed E-state index contributed by atoms with van der Waals surface area (Å²) >= 11 is 0. The highest BCUT2D eigenvalue weighted by atomic mass is 16.3. The molecule has 0 atom stereocenters. The number of rotatable bonds is 4. The molecule has 0 amide bonds. The summed E-state index contributed by atoms with van der Waals surface area (Å²) < 4.78 is 0. The molecule has 0 heterocycles. The minimum Gasteiger partial charge on any atom is -0.506 e. The molecule has 0 saturated heterocycles. The summed E-state index contributed by atoms with van der Waals surface area (Å²) in [4.78, 5) is 0. The van der Waals surface area contributed by atoms with Gasteiger partial charge in [0.15, 0.2) is 0 Å². The van der Waals surface area contributed by atoms with E-state index in [0.29, 0.717) is 11.4 Å². The van der Waals surface area contributed by atoms with Crippen LogP contribution in [0.2, 0.25) is 0 Å². The summed E-state index contributed by atoms with van der Waals surface area (Å²) in [6.07, 6.45) is 0. The molecule has 3 rings (SSSR count). The van der Waals surface area contributed by atoms with Crippen molar-refractivity contribution in [2.45, 2.75) is 66.2 Å². The number of benzene rings is 3. The van der Waals surface area contributed by atoms with Crippen LogP contribution in [0.4, 0.5) is 11.4 Å². The van der Waals surface area contributed by atoms with Crippen LogP contribution in [0.25, 0.3) is 0 Å². The summed E-state index contributed by atoms with van der Waals surface area (Å²) in [7, 11) is 0. The Morgan fingerprint density at radius 1 is 0.594 bits per heavy atom. The lowest BCUT2D eigenvalue weighted by Crippen LogP contribution is -2.23. The number of nitrogens with two attached hydrogens (primary N) is 2. The third kappa shape index (κ3) is 3.58. The average Bonchev–Trinajstić information content (AvgIpc) is 2.75. The van der Waals surface area contributed by atoms with E-state index in [0.717, 1.165) is 33.4 Å². The van der Waals surface area contributed by atoms with Gasteiger partial charge in [-0.1, -0.05) is 64.1 Å². The Morgan fingerprint density at radius 2 is 0.875 bits per heavy atom. The summed E-state index contributed by atoms with van der Waals surface area (Å²) in [6.45, 7) is 16.4. The molecule has 0 aliphatic carbocycles. The van der Waals surface area contributed by atoms with Crippen molar-refractivity contribution in [2.24, 2.45) is 0 Å². The van der Waals surface area contributed by atoms with Crippen molar-refractivity contribution in [3.8, 4) is 11.5 Å². The number of aryl methyl sites for hydroxylation is 2. The van der Waals surface area contributed by atoms with Crippen molar-refractivity contribution in [3.63, 3.8) is 0 Å². The predicted octanol–water partition coefficient (Wildman–Crippen LogP) is 6.15. The molecule has 0 aromatic heterocycles. The third-order valence-electron chi connectivity index (χ3n) is 7.27. The smallest absolute Gasteiger partial charge is 0.141 e. The second kappa shape index (κ2) is 7.77. The van der Waals surface area contributed by atoms with Crippen molar-refractivity contribution in [1.29, 1.82) is 0 Å². The SMILES string of the molecule is Cc1cc(C(C)(C)c2ccc(C(C)(C)c3cc(C)c(O)c(N)c3C)cc2)c(C)c(N)c1O. The Kier molecular flexibility index (Phi) is 5.71. The van der Waals surface area contributed by atoms with Crippen LogP contribution in [0.15, 0.2) is 36.4 Å². The molecular formula is C28H36N2O2. The maximum atomic E-state index is 10.2. The molecule has 0 bridgehead atoms. The molecule has 0 unspecified atom stereocenters. The van der Waals surface area contributed by atoms with Gasteiger partial charge in [0.25, 0.3) is 0 Å². The number of hydrogen-bond acceptors (Lipinski definition) is 4. The first-order valence-corrected chi connectivity index (χ1v) is 11.0. The van der Waals surface area contributed by atoms with Gasteiger partial charge in [-0.05, 0) is 72.2 Å². The van der Waals surface area contributed by atoms with Gasteiger partial charge in [-0.2, -0.15) is 0 Å². The van der Waals surface area contributed by atoms with Crippen LogP contribution in [0.5, 0.6) is 11.5 Å². The van der Waals surface area contributed by atoms with Crippen LogP contribution in [0.1, 0.15) is 72.2 Å². The first-order valence-electron chi connectivity index (χ1n) is 11.0. The Labute approximate surface area is 191 Å². The summed E-state index contributed by atoms with van der Waals surface area (Å²) in [6, 6.07) is 12.7. The molecule has 0 radical (unpaired) electrons. The van der Waals surface area contributed by atoms with E-state index in [4.69, 9.17) is 11.5 Å². The highest BCUT2D eigenvalue weighted by Crippen LogP contribution is 2.43. The first-order chi connectivity index (χ1) is 14.7. The Hall–Kier alpha value is -3.14. The van der Waals surface area contributed by atoms with Crippen LogP contribution in [-0.4, -0.2) is 10.2 Å². The highest BCUT2D eigenvalue weighted by Gasteiger charge is 2.30. The van der Waals surface area contributed by atoms with E-state index in [2.05, 4.69) is 52.0 Å². The Morgan fingerprint density at radius 3 is 1.16 bits per heavy atom. The zero-order valence-corrected chi connectivity index (χ0v) is 20.5. The topological polar surface area (TPSA) is 92.5 Å². The average molecular weight is 433 g/mol. The summed E-state index contributed by atoms with van der Waals surface area (Å²) in [5.74, 6) is 0.330. The lowest BCUT2D eigenvalue weighted by Gasteiger charge is -2.32.